The zero-order valence-corrected chi connectivity index (χ0v) is 36.6. The third-order valence-electron chi connectivity index (χ3n) is 14.3. The second kappa shape index (κ2) is 15.0. The van der Waals surface area contributed by atoms with Gasteiger partial charge in [-0.25, -0.2) is 0 Å². The molecule has 310 valence electrons. The van der Waals surface area contributed by atoms with Crippen LogP contribution in [0, 0.1) is 0 Å². The summed E-state index contributed by atoms with van der Waals surface area (Å²) in [7, 11) is 0. The molecule has 0 amide bonds. The maximum Gasteiger partial charge on any atom is 0.252 e. The molecule has 0 spiro atoms. The average molecular weight is 849 g/mol. The standard InChI is InChI=1S/C64H41BN2/c1-4-14-42(15-5-1)45-24-30-54(31-25-45)66-60-40-53(44-18-8-3-9-19-44)41-61-62(60)65(58-34-28-51-36-47-20-10-12-22-49(47)38-56(51)63(58)66)59-35-29-52-37-48-21-11-13-23-50(48)39-57(52)64(59)67(61)55-32-26-46(27-33-55)43-16-6-2-7-17-43/h1-41H. The molecule has 67 heavy (non-hydrogen) atoms. The van der Waals surface area contributed by atoms with Crippen molar-refractivity contribution >= 4 is 100 Å². The van der Waals surface area contributed by atoms with Gasteiger partial charge in [-0.15, -0.1) is 0 Å². The van der Waals surface area contributed by atoms with Gasteiger partial charge in [0.05, 0.1) is 0 Å². The number of benzene rings is 12. The second-order valence-electron chi connectivity index (χ2n) is 18.1. The van der Waals surface area contributed by atoms with Gasteiger partial charge in [-0.1, -0.05) is 188 Å². The topological polar surface area (TPSA) is 6.48 Å². The summed E-state index contributed by atoms with van der Waals surface area (Å²) in [6.45, 7) is -0.0498. The highest BCUT2D eigenvalue weighted by molar-refractivity contribution is 7.00. The summed E-state index contributed by atoms with van der Waals surface area (Å²) in [6, 6.07) is 92.5. The first-order chi connectivity index (χ1) is 33.2. The molecule has 0 N–H and O–H groups in total. The second-order valence-corrected chi connectivity index (χ2v) is 18.1. The summed E-state index contributed by atoms with van der Waals surface area (Å²) in [5.41, 5.74) is 18.2. The fourth-order valence-electron chi connectivity index (χ4n) is 11.2. The third kappa shape index (κ3) is 5.98. The molecule has 2 heterocycles. The molecule has 0 fully saturated rings. The minimum absolute atomic E-state index is 0.0498. The quantitative estimate of drug-likeness (QED) is 0.126. The van der Waals surface area contributed by atoms with Crippen LogP contribution in [0.3, 0.4) is 0 Å². The maximum atomic E-state index is 2.58. The average Bonchev–Trinajstić information content (AvgIpc) is 3.40. The first kappa shape index (κ1) is 37.7. The van der Waals surface area contributed by atoms with Crippen molar-refractivity contribution < 1.29 is 0 Å². The number of rotatable bonds is 5. The van der Waals surface area contributed by atoms with Crippen molar-refractivity contribution in [1.82, 2.24) is 0 Å². The van der Waals surface area contributed by atoms with Crippen LogP contribution in [0.5, 0.6) is 0 Å². The molecule has 0 aliphatic carbocycles. The zero-order chi connectivity index (χ0) is 44.0. The van der Waals surface area contributed by atoms with E-state index in [-0.39, 0.29) is 6.71 Å². The van der Waals surface area contributed by atoms with Crippen LogP contribution >= 0.6 is 0 Å². The van der Waals surface area contributed by atoms with Crippen LogP contribution in [0.2, 0.25) is 0 Å². The van der Waals surface area contributed by atoms with Gasteiger partial charge in [-0.3, -0.25) is 0 Å². The lowest BCUT2D eigenvalue weighted by atomic mass is 9.33. The van der Waals surface area contributed by atoms with Crippen molar-refractivity contribution in [1.29, 1.82) is 0 Å². The van der Waals surface area contributed by atoms with Crippen molar-refractivity contribution in [3.63, 3.8) is 0 Å². The lowest BCUT2D eigenvalue weighted by Crippen LogP contribution is -2.61. The first-order valence-corrected chi connectivity index (χ1v) is 23.3. The van der Waals surface area contributed by atoms with E-state index in [1.165, 1.54) is 116 Å². The summed E-state index contributed by atoms with van der Waals surface area (Å²) < 4.78 is 0. The maximum absolute atomic E-state index is 2.58. The Bertz CT molecular complexity index is 3670. The molecule has 0 bridgehead atoms. The summed E-state index contributed by atoms with van der Waals surface area (Å²) >= 11 is 0. The van der Waals surface area contributed by atoms with Crippen molar-refractivity contribution in [2.24, 2.45) is 0 Å². The van der Waals surface area contributed by atoms with E-state index in [0.29, 0.717) is 0 Å². The van der Waals surface area contributed by atoms with Gasteiger partial charge < -0.3 is 9.80 Å². The molecule has 0 atom stereocenters. The van der Waals surface area contributed by atoms with E-state index >= 15 is 0 Å². The summed E-state index contributed by atoms with van der Waals surface area (Å²) in [4.78, 5) is 5.17. The van der Waals surface area contributed by atoms with E-state index < -0.39 is 0 Å². The molecule has 0 unspecified atom stereocenters. The summed E-state index contributed by atoms with van der Waals surface area (Å²) in [6.07, 6.45) is 0. The van der Waals surface area contributed by atoms with Crippen LogP contribution in [-0.2, 0) is 0 Å². The van der Waals surface area contributed by atoms with Gasteiger partial charge in [0.1, 0.15) is 0 Å². The number of nitrogens with zero attached hydrogens (tertiary/aromatic N) is 2. The Kier molecular flexibility index (Phi) is 8.41. The van der Waals surface area contributed by atoms with Crippen LogP contribution < -0.4 is 26.2 Å². The molecular formula is C64H41BN2. The van der Waals surface area contributed by atoms with Crippen molar-refractivity contribution in [3.8, 4) is 33.4 Å². The highest BCUT2D eigenvalue weighted by atomic mass is 15.2. The number of fused-ring (bicyclic) bond motifs is 10. The van der Waals surface area contributed by atoms with Crippen molar-refractivity contribution in [3.05, 3.63) is 249 Å². The molecule has 12 aromatic rings. The van der Waals surface area contributed by atoms with Gasteiger partial charge in [-0.05, 0) is 143 Å². The van der Waals surface area contributed by atoms with Crippen LogP contribution in [0.25, 0.3) is 76.5 Å². The monoisotopic (exact) mass is 848 g/mol. The van der Waals surface area contributed by atoms with E-state index in [1.807, 2.05) is 0 Å². The molecule has 2 aliphatic rings. The lowest BCUT2D eigenvalue weighted by molar-refractivity contribution is 1.27. The highest BCUT2D eigenvalue weighted by Crippen LogP contribution is 2.50. The molecule has 3 heteroatoms. The Labute approximate surface area is 390 Å². The molecular weight excluding hydrogens is 808 g/mol. The molecule has 12 aromatic carbocycles. The molecule has 0 radical (unpaired) electrons. The Morgan fingerprint density at radius 2 is 0.597 bits per heavy atom. The van der Waals surface area contributed by atoms with E-state index in [1.54, 1.807) is 0 Å². The lowest BCUT2D eigenvalue weighted by Gasteiger charge is -2.45. The van der Waals surface area contributed by atoms with Gasteiger partial charge in [-0.2, -0.15) is 0 Å². The van der Waals surface area contributed by atoms with Gasteiger partial charge in [0.25, 0.3) is 6.71 Å². The van der Waals surface area contributed by atoms with E-state index in [9.17, 15) is 0 Å². The molecule has 0 aromatic heterocycles. The SMILES string of the molecule is c1ccc(-c2ccc(N3c4cc(-c5ccccc5)cc5c4B(c4ccc6cc7ccccc7cc6c43)c3ccc4cc6ccccc6cc4c3N5c3ccc(-c4ccccc4)cc3)cc2)cc1. The Hall–Kier alpha value is -8.66. The van der Waals surface area contributed by atoms with Gasteiger partial charge >= 0.3 is 0 Å². The van der Waals surface area contributed by atoms with E-state index in [2.05, 4.69) is 259 Å². The van der Waals surface area contributed by atoms with Crippen LogP contribution in [0.4, 0.5) is 34.1 Å². The Morgan fingerprint density at radius 3 is 1.00 bits per heavy atom. The Morgan fingerprint density at radius 1 is 0.254 bits per heavy atom. The summed E-state index contributed by atoms with van der Waals surface area (Å²) in [5, 5.41) is 9.91. The largest absolute Gasteiger partial charge is 0.311 e. The van der Waals surface area contributed by atoms with Crippen LogP contribution in [0.15, 0.2) is 249 Å². The predicted molar refractivity (Wildman–Crippen MR) is 287 cm³/mol. The van der Waals surface area contributed by atoms with Gasteiger partial charge in [0.2, 0.25) is 0 Å². The van der Waals surface area contributed by atoms with E-state index in [4.69, 9.17) is 0 Å². The first-order valence-electron chi connectivity index (χ1n) is 23.3. The summed E-state index contributed by atoms with van der Waals surface area (Å²) in [5.74, 6) is 0. The van der Waals surface area contributed by atoms with Gasteiger partial charge in [0.15, 0.2) is 0 Å². The third-order valence-corrected chi connectivity index (χ3v) is 14.3. The smallest absolute Gasteiger partial charge is 0.252 e. The normalized spacial score (nSPS) is 12.7. The molecule has 0 saturated carbocycles. The number of hydrogen-bond donors (Lipinski definition) is 0. The zero-order valence-electron chi connectivity index (χ0n) is 36.6. The Balaban J connectivity index is 1.11. The highest BCUT2D eigenvalue weighted by Gasteiger charge is 2.45. The van der Waals surface area contributed by atoms with E-state index in [0.717, 1.165) is 11.4 Å². The van der Waals surface area contributed by atoms with Crippen molar-refractivity contribution in [2.75, 3.05) is 9.80 Å². The molecule has 2 nitrogen and oxygen atoms in total. The fraction of sp³-hybridized carbons (Fsp3) is 0. The van der Waals surface area contributed by atoms with Crippen molar-refractivity contribution in [2.45, 2.75) is 0 Å². The minimum Gasteiger partial charge on any atom is -0.311 e. The molecule has 2 aliphatic heterocycles. The fourth-order valence-corrected chi connectivity index (χ4v) is 11.2. The predicted octanol–water partition coefficient (Wildman–Crippen LogP) is 15.4. The minimum atomic E-state index is -0.0498. The van der Waals surface area contributed by atoms with Gasteiger partial charge in [0, 0.05) is 44.9 Å². The number of anilines is 6. The number of hydrogen-bond acceptors (Lipinski definition) is 2. The molecule has 0 saturated heterocycles. The van der Waals surface area contributed by atoms with Crippen LogP contribution in [-0.4, -0.2) is 6.71 Å². The van der Waals surface area contributed by atoms with Crippen LogP contribution in [0.1, 0.15) is 0 Å². The molecule has 14 rings (SSSR count).